The van der Waals surface area contributed by atoms with Crippen molar-refractivity contribution in [2.45, 2.75) is 64.7 Å². The van der Waals surface area contributed by atoms with Gasteiger partial charge in [0.2, 0.25) is 5.95 Å². The maximum atomic E-state index is 5.50. The fraction of sp³-hybridized carbons (Fsp3) is 0.167. The van der Waals surface area contributed by atoms with Crippen LogP contribution in [0.1, 0.15) is 65.0 Å². The molecule has 11 aromatic rings. The van der Waals surface area contributed by atoms with Gasteiger partial charge in [0, 0.05) is 38.2 Å². The molecule has 344 valence electrons. The Morgan fingerprint density at radius 1 is 0.465 bits per heavy atom. The number of hydrogen-bond donors (Lipinski definition) is 0. The molecule has 5 heteroatoms. The van der Waals surface area contributed by atoms with Crippen LogP contribution in [-0.2, 0) is 10.8 Å². The van der Waals surface area contributed by atoms with Gasteiger partial charge < -0.3 is 4.57 Å². The Hall–Kier alpha value is -8.15. The summed E-state index contributed by atoms with van der Waals surface area (Å²) in [6, 6.07) is 68.0. The lowest BCUT2D eigenvalue weighted by molar-refractivity contribution is 0.234. The lowest BCUT2D eigenvalue weighted by Crippen LogP contribution is -2.40. The van der Waals surface area contributed by atoms with E-state index in [-0.39, 0.29) is 10.8 Å². The van der Waals surface area contributed by atoms with Crippen molar-refractivity contribution in [2.24, 2.45) is 5.92 Å². The summed E-state index contributed by atoms with van der Waals surface area (Å²) in [6.07, 6.45) is 7.83. The smallest absolute Gasteiger partial charge is 0.238 e. The molecule has 0 spiro atoms. The van der Waals surface area contributed by atoms with E-state index in [1.54, 1.807) is 0 Å². The molecular weight excluding hydrogens is 863 g/mol. The summed E-state index contributed by atoms with van der Waals surface area (Å²) < 4.78 is 4.81. The molecule has 5 nitrogen and oxygen atoms in total. The fourth-order valence-corrected chi connectivity index (χ4v) is 12.1. The number of para-hydroxylation sites is 1. The number of aromatic nitrogens is 5. The standard InChI is InChI=1S/C66H55N5/c1-42-41-65(2,3)59-51(26-17-27-56(59)66(42,4)5)46-34-36-50(37-35-46)70-57-28-14-12-24-52(57)54-38-39-55-53-25-13-15-29-58(53)71(61(55)60(54)70)64-68-62(47-32-30-45(31-33-47)43-18-8-6-9-19-43)67-63(69-64)49-23-16-22-48(40-49)44-20-10-7-11-21-44/h6-12,14,16-40,42H,13,15,41H2,1-5H3. The minimum absolute atomic E-state index is 0.0571. The molecule has 2 aliphatic rings. The van der Waals surface area contributed by atoms with Crippen molar-refractivity contribution in [3.63, 3.8) is 0 Å². The minimum Gasteiger partial charge on any atom is -0.307 e. The van der Waals surface area contributed by atoms with Crippen molar-refractivity contribution < 1.29 is 0 Å². The Kier molecular flexibility index (Phi) is 9.97. The summed E-state index contributed by atoms with van der Waals surface area (Å²) in [7, 11) is 0. The summed E-state index contributed by atoms with van der Waals surface area (Å²) in [5.74, 6) is 2.42. The van der Waals surface area contributed by atoms with Crippen LogP contribution in [0.5, 0.6) is 0 Å². The van der Waals surface area contributed by atoms with E-state index < -0.39 is 0 Å². The number of benzene rings is 8. The lowest BCUT2D eigenvalue weighted by Gasteiger charge is -2.47. The summed E-state index contributed by atoms with van der Waals surface area (Å²) >= 11 is 0. The van der Waals surface area contributed by atoms with Gasteiger partial charge in [0.05, 0.1) is 21.9 Å². The van der Waals surface area contributed by atoms with Crippen LogP contribution in [0.25, 0.3) is 113 Å². The monoisotopic (exact) mass is 917 g/mol. The zero-order chi connectivity index (χ0) is 48.0. The third-order valence-electron chi connectivity index (χ3n) is 15.9. The van der Waals surface area contributed by atoms with E-state index in [4.69, 9.17) is 15.0 Å². The van der Waals surface area contributed by atoms with Gasteiger partial charge in [-0.05, 0) is 105 Å². The number of hydrogen-bond acceptors (Lipinski definition) is 3. The highest BCUT2D eigenvalue weighted by Gasteiger charge is 2.43. The third-order valence-corrected chi connectivity index (χ3v) is 15.9. The quantitative estimate of drug-likeness (QED) is 0.160. The van der Waals surface area contributed by atoms with Gasteiger partial charge in [-0.1, -0.05) is 211 Å². The molecule has 0 saturated carbocycles. The predicted octanol–water partition coefficient (Wildman–Crippen LogP) is 15.2. The second kappa shape index (κ2) is 16.5. The Balaban J connectivity index is 1.05. The first-order chi connectivity index (χ1) is 34.6. The highest BCUT2D eigenvalue weighted by molar-refractivity contribution is 6.18. The zero-order valence-corrected chi connectivity index (χ0v) is 41.0. The molecule has 13 rings (SSSR count). The van der Waals surface area contributed by atoms with Crippen LogP contribution in [0.15, 0.2) is 188 Å². The molecule has 0 fully saturated rings. The van der Waals surface area contributed by atoms with Gasteiger partial charge in [-0.15, -0.1) is 0 Å². The van der Waals surface area contributed by atoms with Crippen LogP contribution in [-0.4, -0.2) is 24.1 Å². The number of rotatable bonds is 7. The number of nitrogens with zero attached hydrogens (tertiary/aromatic N) is 5. The Bertz CT molecular complexity index is 4010. The second-order valence-electron chi connectivity index (χ2n) is 21.0. The molecule has 0 saturated heterocycles. The summed E-state index contributed by atoms with van der Waals surface area (Å²) in [5, 5.41) is 5.90. The zero-order valence-electron chi connectivity index (χ0n) is 41.0. The SMILES string of the molecule is CC1CC(C)(C)c2c(-c3ccc(-n4c5ccccc5c5ccc6c7c(n(-c8nc(-c9ccc(-c%10ccccc%10)cc9)nc(-c9cccc(-c%10ccccc%10)c9)n8)c6c54)=CCCC=7)cc3)cccc2C1(C)C. The molecule has 0 aliphatic heterocycles. The molecule has 1 unspecified atom stereocenters. The molecule has 2 aliphatic carbocycles. The van der Waals surface area contributed by atoms with Gasteiger partial charge in [-0.3, -0.25) is 4.57 Å². The molecule has 3 heterocycles. The van der Waals surface area contributed by atoms with Crippen molar-refractivity contribution in [1.29, 1.82) is 0 Å². The summed E-state index contributed by atoms with van der Waals surface area (Å²) in [4.78, 5) is 16.3. The molecule has 0 bridgehead atoms. The van der Waals surface area contributed by atoms with E-state index in [1.165, 1.54) is 49.2 Å². The first-order valence-electron chi connectivity index (χ1n) is 25.2. The Morgan fingerprint density at radius 2 is 1.04 bits per heavy atom. The van der Waals surface area contributed by atoms with E-state index in [0.717, 1.165) is 74.7 Å². The molecule has 3 aromatic heterocycles. The van der Waals surface area contributed by atoms with E-state index in [2.05, 4.69) is 244 Å². The third kappa shape index (κ3) is 7.00. The first-order valence-corrected chi connectivity index (χ1v) is 25.2. The van der Waals surface area contributed by atoms with Crippen molar-refractivity contribution in [2.75, 3.05) is 0 Å². The number of fused-ring (bicyclic) bond motifs is 8. The molecular formula is C66H55N5. The maximum absolute atomic E-state index is 5.50. The molecule has 0 amide bonds. The van der Waals surface area contributed by atoms with Gasteiger partial charge in [-0.2, -0.15) is 9.97 Å². The predicted molar refractivity (Wildman–Crippen MR) is 295 cm³/mol. The first kappa shape index (κ1) is 42.9. The van der Waals surface area contributed by atoms with Crippen molar-refractivity contribution >= 4 is 44.9 Å². The van der Waals surface area contributed by atoms with Gasteiger partial charge in [-0.25, -0.2) is 4.98 Å². The lowest BCUT2D eigenvalue weighted by atomic mass is 9.57. The average molecular weight is 918 g/mol. The van der Waals surface area contributed by atoms with Crippen LogP contribution >= 0.6 is 0 Å². The largest absolute Gasteiger partial charge is 0.307 e. The van der Waals surface area contributed by atoms with Crippen LogP contribution in [0.3, 0.4) is 0 Å². The Morgan fingerprint density at radius 3 is 1.80 bits per heavy atom. The van der Waals surface area contributed by atoms with Crippen molar-refractivity contribution in [3.8, 4) is 67.8 Å². The van der Waals surface area contributed by atoms with Crippen LogP contribution < -0.4 is 10.6 Å². The van der Waals surface area contributed by atoms with Gasteiger partial charge in [0.1, 0.15) is 0 Å². The molecule has 71 heavy (non-hydrogen) atoms. The van der Waals surface area contributed by atoms with Crippen LogP contribution in [0.4, 0.5) is 0 Å². The van der Waals surface area contributed by atoms with Crippen molar-refractivity contribution in [1.82, 2.24) is 24.1 Å². The normalized spacial score (nSPS) is 15.8. The minimum atomic E-state index is 0.0571. The fourth-order valence-electron chi connectivity index (χ4n) is 12.1. The highest BCUT2D eigenvalue weighted by Crippen LogP contribution is 2.52. The molecule has 0 N–H and O–H groups in total. The van der Waals surface area contributed by atoms with Crippen molar-refractivity contribution in [3.05, 3.63) is 210 Å². The molecule has 8 aromatic carbocycles. The average Bonchev–Trinajstić information content (AvgIpc) is 3.94. The van der Waals surface area contributed by atoms with Crippen LogP contribution in [0, 0.1) is 5.92 Å². The topological polar surface area (TPSA) is 48.5 Å². The van der Waals surface area contributed by atoms with E-state index in [1.807, 2.05) is 0 Å². The highest BCUT2D eigenvalue weighted by atomic mass is 15.2. The molecule has 1 atom stereocenters. The van der Waals surface area contributed by atoms with E-state index in [0.29, 0.717) is 23.5 Å². The van der Waals surface area contributed by atoms with Gasteiger partial charge in [0.25, 0.3) is 0 Å². The van der Waals surface area contributed by atoms with Gasteiger partial charge >= 0.3 is 0 Å². The van der Waals surface area contributed by atoms with E-state index in [9.17, 15) is 0 Å². The second-order valence-corrected chi connectivity index (χ2v) is 21.0. The van der Waals surface area contributed by atoms with Gasteiger partial charge in [0.15, 0.2) is 11.6 Å². The summed E-state index contributed by atoms with van der Waals surface area (Å²) in [5.41, 5.74) is 16.6. The summed E-state index contributed by atoms with van der Waals surface area (Å²) in [6.45, 7) is 12.1. The molecule has 0 radical (unpaired) electrons. The van der Waals surface area contributed by atoms with E-state index >= 15 is 0 Å². The maximum Gasteiger partial charge on any atom is 0.238 e. The Labute approximate surface area is 415 Å². The van der Waals surface area contributed by atoms with Crippen LogP contribution in [0.2, 0.25) is 0 Å².